The first kappa shape index (κ1) is 24.8. The first-order valence-electron chi connectivity index (χ1n) is 13.9. The maximum atomic E-state index is 12.2. The lowest BCUT2D eigenvalue weighted by molar-refractivity contribution is -0.322. The highest BCUT2D eigenvalue weighted by atomic mass is 16.7. The van der Waals surface area contributed by atoms with Crippen molar-refractivity contribution in [2.24, 2.45) is 22.7 Å². The van der Waals surface area contributed by atoms with E-state index in [4.69, 9.17) is 9.47 Å². The van der Waals surface area contributed by atoms with Crippen molar-refractivity contribution in [3.8, 4) is 0 Å². The van der Waals surface area contributed by atoms with Gasteiger partial charge in [0.2, 0.25) is 0 Å². The molecule has 1 spiro atoms. The lowest BCUT2D eigenvalue weighted by Gasteiger charge is -2.58. The van der Waals surface area contributed by atoms with E-state index in [0.717, 1.165) is 50.4 Å². The van der Waals surface area contributed by atoms with Gasteiger partial charge in [-0.15, -0.1) is 0 Å². The van der Waals surface area contributed by atoms with E-state index in [1.807, 2.05) is 25.1 Å². The molecule has 1 aromatic rings. The summed E-state index contributed by atoms with van der Waals surface area (Å²) in [6.45, 7) is 9.91. The molecule has 1 heterocycles. The first-order valence-corrected chi connectivity index (χ1v) is 13.9. The number of hydrogen-bond acceptors (Lipinski definition) is 5. The van der Waals surface area contributed by atoms with Crippen LogP contribution in [0.15, 0.2) is 35.4 Å². The molecule has 4 fully saturated rings. The fraction of sp³-hybridized carbons (Fsp3) is 0.710. The average molecular weight is 495 g/mol. The minimum atomic E-state index is -0.930. The van der Waals surface area contributed by atoms with Gasteiger partial charge in [0, 0.05) is 35.2 Å². The fourth-order valence-electron chi connectivity index (χ4n) is 8.62. The molecule has 36 heavy (non-hydrogen) atoms. The second-order valence-electron chi connectivity index (χ2n) is 13.8. The standard InChI is InChI=1S/C31H42O5/c1-27(2)18-35-31(36-19-27)13-10-25-26-22(8-12-30(25,34)17-31)24-9-11-29(4,33)28(24,3)15-23(26)21-7-5-6-20(14-21)16-32/h5-7,14,16,22-24,33-34H,8-13,15,17-19H2,1-4H3/t22?,23-,24?,28?,29+,30-/m1/s1. The number of allylic oxidation sites excluding steroid dienone is 1. The van der Waals surface area contributed by atoms with Gasteiger partial charge < -0.3 is 19.7 Å². The molecule has 1 aliphatic heterocycles. The zero-order valence-electron chi connectivity index (χ0n) is 22.3. The first-order chi connectivity index (χ1) is 16.9. The third-order valence-electron chi connectivity index (χ3n) is 10.9. The SMILES string of the molecule is CC1(C)COC2(CCC3=C4C(CC[C@@]3(O)C2)C2CC[C@](C)(O)C2(C)C[C@@H]4c2cccc(C=O)c2)OC1. The van der Waals surface area contributed by atoms with Crippen LogP contribution in [0.1, 0.15) is 101 Å². The van der Waals surface area contributed by atoms with Crippen LogP contribution in [0.25, 0.3) is 0 Å². The monoisotopic (exact) mass is 494 g/mol. The third kappa shape index (κ3) is 3.60. The molecule has 5 heteroatoms. The molecule has 2 N–H and O–H groups in total. The minimum absolute atomic E-state index is 0.00773. The molecule has 5 aliphatic rings. The van der Waals surface area contributed by atoms with Crippen LogP contribution in [0.3, 0.4) is 0 Å². The highest BCUT2D eigenvalue weighted by Gasteiger charge is 2.63. The second-order valence-corrected chi connectivity index (χ2v) is 13.8. The summed E-state index contributed by atoms with van der Waals surface area (Å²) in [6, 6.07) is 7.97. The van der Waals surface area contributed by atoms with Gasteiger partial charge in [0.05, 0.1) is 24.4 Å². The Morgan fingerprint density at radius 3 is 2.47 bits per heavy atom. The van der Waals surface area contributed by atoms with Gasteiger partial charge in [0.15, 0.2) is 5.79 Å². The van der Waals surface area contributed by atoms with Gasteiger partial charge >= 0.3 is 0 Å². The molecule has 3 saturated carbocycles. The maximum absolute atomic E-state index is 12.2. The van der Waals surface area contributed by atoms with Crippen molar-refractivity contribution in [3.05, 3.63) is 46.5 Å². The Hall–Kier alpha value is -1.53. The van der Waals surface area contributed by atoms with Crippen LogP contribution in [0.2, 0.25) is 0 Å². The lowest BCUT2D eigenvalue weighted by atomic mass is 9.50. The molecule has 196 valence electrons. The number of rotatable bonds is 2. The zero-order valence-corrected chi connectivity index (χ0v) is 22.3. The van der Waals surface area contributed by atoms with Crippen LogP contribution in [0, 0.1) is 22.7 Å². The van der Waals surface area contributed by atoms with Gasteiger partial charge in [-0.3, -0.25) is 4.79 Å². The van der Waals surface area contributed by atoms with Crippen molar-refractivity contribution in [3.63, 3.8) is 0 Å². The van der Waals surface area contributed by atoms with Crippen molar-refractivity contribution in [1.82, 2.24) is 0 Å². The Bertz CT molecular complexity index is 1090. The molecule has 0 amide bonds. The fourth-order valence-corrected chi connectivity index (χ4v) is 8.62. The topological polar surface area (TPSA) is 76.0 Å². The highest BCUT2D eigenvalue weighted by molar-refractivity contribution is 5.75. The molecule has 1 aromatic carbocycles. The van der Waals surface area contributed by atoms with Gasteiger partial charge in [-0.2, -0.15) is 0 Å². The Morgan fingerprint density at radius 1 is 1.00 bits per heavy atom. The Kier molecular flexibility index (Phi) is 5.50. The van der Waals surface area contributed by atoms with E-state index in [9.17, 15) is 15.0 Å². The number of fused-ring (bicyclic) bond motifs is 4. The molecule has 0 bridgehead atoms. The van der Waals surface area contributed by atoms with Crippen LogP contribution in [-0.2, 0) is 9.47 Å². The van der Waals surface area contributed by atoms with E-state index in [2.05, 4.69) is 26.8 Å². The third-order valence-corrected chi connectivity index (χ3v) is 10.9. The molecule has 6 rings (SSSR count). The van der Waals surface area contributed by atoms with Crippen molar-refractivity contribution >= 4 is 6.29 Å². The lowest BCUT2D eigenvalue weighted by Crippen LogP contribution is -2.58. The van der Waals surface area contributed by atoms with E-state index >= 15 is 0 Å². The Balaban J connectivity index is 1.44. The van der Waals surface area contributed by atoms with Gasteiger partial charge in [-0.1, -0.05) is 44.5 Å². The molecular weight excluding hydrogens is 452 g/mol. The van der Waals surface area contributed by atoms with E-state index < -0.39 is 17.0 Å². The van der Waals surface area contributed by atoms with Crippen molar-refractivity contribution < 1.29 is 24.5 Å². The molecule has 3 unspecified atom stereocenters. The van der Waals surface area contributed by atoms with E-state index in [1.165, 1.54) is 11.1 Å². The van der Waals surface area contributed by atoms with Crippen molar-refractivity contribution in [2.45, 2.75) is 102 Å². The predicted molar refractivity (Wildman–Crippen MR) is 138 cm³/mol. The Morgan fingerprint density at radius 2 is 1.75 bits per heavy atom. The van der Waals surface area contributed by atoms with E-state index in [0.29, 0.717) is 43.5 Å². The number of hydrogen-bond donors (Lipinski definition) is 2. The van der Waals surface area contributed by atoms with E-state index in [-0.39, 0.29) is 16.7 Å². The molecule has 6 atom stereocenters. The van der Waals surface area contributed by atoms with Crippen molar-refractivity contribution in [2.75, 3.05) is 13.2 Å². The summed E-state index contributed by atoms with van der Waals surface area (Å²) < 4.78 is 12.7. The smallest absolute Gasteiger partial charge is 0.171 e. The molecular formula is C31H42O5. The number of aldehydes is 1. The normalized spacial score (nSPS) is 43.0. The summed E-state index contributed by atoms with van der Waals surface area (Å²) in [5.74, 6) is 0.139. The van der Waals surface area contributed by atoms with Crippen LogP contribution in [0.4, 0.5) is 0 Å². The number of carbonyl (C=O) groups excluding carboxylic acids is 1. The molecule has 5 nitrogen and oxygen atoms in total. The summed E-state index contributed by atoms with van der Waals surface area (Å²) in [5.41, 5.74) is 2.54. The number of carbonyl (C=O) groups is 1. The molecule has 1 saturated heterocycles. The molecule has 4 aliphatic carbocycles. The second kappa shape index (κ2) is 7.99. The number of aliphatic hydroxyl groups is 2. The highest BCUT2D eigenvalue weighted by Crippen LogP contribution is 2.67. The van der Waals surface area contributed by atoms with Gasteiger partial charge in [-0.25, -0.2) is 0 Å². The largest absolute Gasteiger partial charge is 0.390 e. The van der Waals surface area contributed by atoms with Gasteiger partial charge in [0.1, 0.15) is 6.29 Å². The quantitative estimate of drug-likeness (QED) is 0.417. The Labute approximate surface area is 215 Å². The molecule has 0 radical (unpaired) electrons. The van der Waals surface area contributed by atoms with Crippen LogP contribution in [0.5, 0.6) is 0 Å². The maximum Gasteiger partial charge on any atom is 0.171 e. The minimum Gasteiger partial charge on any atom is -0.390 e. The van der Waals surface area contributed by atoms with Crippen LogP contribution < -0.4 is 0 Å². The summed E-state index contributed by atoms with van der Waals surface area (Å²) in [5, 5.41) is 23.8. The van der Waals surface area contributed by atoms with E-state index in [1.54, 1.807) is 0 Å². The van der Waals surface area contributed by atoms with Gasteiger partial charge in [-0.05, 0) is 74.5 Å². The summed E-state index contributed by atoms with van der Waals surface area (Å²) >= 11 is 0. The van der Waals surface area contributed by atoms with Gasteiger partial charge in [0.25, 0.3) is 0 Å². The van der Waals surface area contributed by atoms with Crippen molar-refractivity contribution in [1.29, 1.82) is 0 Å². The zero-order chi connectivity index (χ0) is 25.6. The summed E-state index contributed by atoms with van der Waals surface area (Å²) in [7, 11) is 0. The van der Waals surface area contributed by atoms with Crippen LogP contribution >= 0.6 is 0 Å². The average Bonchev–Trinajstić information content (AvgIpc) is 3.08. The summed E-state index contributed by atoms with van der Waals surface area (Å²) in [4.78, 5) is 11.6. The number of ether oxygens (including phenoxy) is 2. The molecule has 0 aromatic heterocycles. The summed E-state index contributed by atoms with van der Waals surface area (Å²) in [6.07, 6.45) is 7.24. The number of benzene rings is 1. The van der Waals surface area contributed by atoms with Crippen LogP contribution in [-0.4, -0.2) is 46.7 Å². The predicted octanol–water partition coefficient (Wildman–Crippen LogP) is 5.54.